The molecule has 3 N–H and O–H groups in total. The first-order valence-corrected chi connectivity index (χ1v) is 4.64. The van der Waals surface area contributed by atoms with Gasteiger partial charge < -0.3 is 5.43 Å². The minimum Gasteiger partial charge on any atom is -0.323 e. The molecule has 0 heterocycles. The molecule has 114 valence electrons. The maximum Gasteiger partial charge on any atom is 0.418 e. The maximum atomic E-state index is 12.5. The summed E-state index contributed by atoms with van der Waals surface area (Å²) in [5, 5.41) is 0. The average molecular weight is 312 g/mol. The van der Waals surface area contributed by atoms with Crippen molar-refractivity contribution in [1.82, 2.24) is 0 Å². The zero-order valence-electron chi connectivity index (χ0n) is 9.13. The highest BCUT2D eigenvalue weighted by molar-refractivity contribution is 5.61. The van der Waals surface area contributed by atoms with E-state index >= 15 is 0 Å². The van der Waals surface area contributed by atoms with Gasteiger partial charge in [0, 0.05) is 0 Å². The Labute approximate surface area is 105 Å². The number of nitrogens with one attached hydrogen (secondary N) is 1. The molecule has 20 heavy (non-hydrogen) atoms. The van der Waals surface area contributed by atoms with Crippen LogP contribution in [0.5, 0.6) is 0 Å². The molecule has 0 unspecified atom stereocenters. The molecule has 1 aromatic rings. The second kappa shape index (κ2) is 4.72. The number of nitrogens with two attached hydrogens (primary N) is 1. The van der Waals surface area contributed by atoms with Crippen LogP contribution in [0.1, 0.15) is 16.7 Å². The number of hydrazine groups is 1. The van der Waals surface area contributed by atoms with Gasteiger partial charge in [-0.25, -0.2) is 0 Å². The van der Waals surface area contributed by atoms with Gasteiger partial charge in [0.25, 0.3) is 0 Å². The Kier molecular flexibility index (Phi) is 3.87. The van der Waals surface area contributed by atoms with E-state index in [1.165, 1.54) is 0 Å². The number of alkyl halides is 9. The Morgan fingerprint density at radius 3 is 1.25 bits per heavy atom. The molecule has 0 fully saturated rings. The Bertz CT molecular complexity index is 463. The number of benzene rings is 1. The highest BCUT2D eigenvalue weighted by Gasteiger charge is 2.44. The molecule has 0 radical (unpaired) electrons. The van der Waals surface area contributed by atoms with Gasteiger partial charge in [0.05, 0.1) is 22.4 Å². The third-order valence-electron chi connectivity index (χ3n) is 2.22. The van der Waals surface area contributed by atoms with Gasteiger partial charge in [-0.1, -0.05) is 0 Å². The van der Waals surface area contributed by atoms with Crippen molar-refractivity contribution in [3.8, 4) is 0 Å². The Morgan fingerprint density at radius 2 is 1.05 bits per heavy atom. The van der Waals surface area contributed by atoms with Crippen molar-refractivity contribution >= 4 is 5.69 Å². The van der Waals surface area contributed by atoms with Crippen LogP contribution in [0.4, 0.5) is 45.2 Å². The monoisotopic (exact) mass is 312 g/mol. The number of halogens is 9. The van der Waals surface area contributed by atoms with Crippen molar-refractivity contribution in [1.29, 1.82) is 0 Å². The second-order valence-corrected chi connectivity index (χ2v) is 3.58. The third-order valence-corrected chi connectivity index (χ3v) is 2.22. The van der Waals surface area contributed by atoms with Crippen LogP contribution in [-0.2, 0) is 18.5 Å². The number of nitrogen functional groups attached to an aromatic ring is 1. The first kappa shape index (κ1) is 16.4. The molecule has 0 bridgehead atoms. The van der Waals surface area contributed by atoms with Crippen LogP contribution >= 0.6 is 0 Å². The number of hydrogen-bond acceptors (Lipinski definition) is 2. The third kappa shape index (κ3) is 3.26. The van der Waals surface area contributed by atoms with Crippen molar-refractivity contribution in [3.63, 3.8) is 0 Å². The van der Waals surface area contributed by atoms with E-state index in [-0.39, 0.29) is 0 Å². The first-order chi connectivity index (χ1) is 8.78. The predicted molar refractivity (Wildman–Crippen MR) is 49.3 cm³/mol. The van der Waals surface area contributed by atoms with Crippen molar-refractivity contribution in [3.05, 3.63) is 28.8 Å². The molecule has 0 spiro atoms. The van der Waals surface area contributed by atoms with Gasteiger partial charge >= 0.3 is 18.5 Å². The predicted octanol–water partition coefficient (Wildman–Crippen LogP) is 4.03. The van der Waals surface area contributed by atoms with E-state index < -0.39 is 53.0 Å². The van der Waals surface area contributed by atoms with Gasteiger partial charge in [-0.3, -0.25) is 5.84 Å². The fourth-order valence-corrected chi connectivity index (χ4v) is 1.41. The topological polar surface area (TPSA) is 38.0 Å². The van der Waals surface area contributed by atoms with Crippen LogP contribution < -0.4 is 11.3 Å². The van der Waals surface area contributed by atoms with E-state index in [1.807, 2.05) is 0 Å². The summed E-state index contributed by atoms with van der Waals surface area (Å²) in [4.78, 5) is 0. The number of anilines is 1. The lowest BCUT2D eigenvalue weighted by atomic mass is 10.0. The molecule has 2 nitrogen and oxygen atoms in total. The van der Waals surface area contributed by atoms with Crippen molar-refractivity contribution < 1.29 is 39.5 Å². The van der Waals surface area contributed by atoms with E-state index in [4.69, 9.17) is 0 Å². The molecule has 0 saturated heterocycles. The van der Waals surface area contributed by atoms with Crippen LogP contribution in [0.25, 0.3) is 0 Å². The van der Waals surface area contributed by atoms with Crippen LogP contribution in [0.3, 0.4) is 0 Å². The molecule has 0 aliphatic carbocycles. The van der Waals surface area contributed by atoms with Gasteiger partial charge in [-0.15, -0.1) is 0 Å². The van der Waals surface area contributed by atoms with E-state index in [1.54, 1.807) is 0 Å². The second-order valence-electron chi connectivity index (χ2n) is 3.58. The lowest BCUT2D eigenvalue weighted by molar-refractivity contribution is -0.147. The summed E-state index contributed by atoms with van der Waals surface area (Å²) in [7, 11) is 0. The van der Waals surface area contributed by atoms with E-state index in [0.29, 0.717) is 0 Å². The van der Waals surface area contributed by atoms with Crippen molar-refractivity contribution in [2.24, 2.45) is 5.84 Å². The maximum absolute atomic E-state index is 12.5. The molecule has 0 atom stereocenters. The smallest absolute Gasteiger partial charge is 0.323 e. The van der Waals surface area contributed by atoms with Crippen molar-refractivity contribution in [2.75, 3.05) is 5.43 Å². The molecule has 0 amide bonds. The molecule has 0 aliphatic heterocycles. The highest BCUT2D eigenvalue weighted by Crippen LogP contribution is 2.45. The van der Waals surface area contributed by atoms with E-state index in [9.17, 15) is 39.5 Å². The summed E-state index contributed by atoms with van der Waals surface area (Å²) in [5.41, 5.74) is -6.89. The summed E-state index contributed by atoms with van der Waals surface area (Å²) in [6, 6.07) is -0.880. The van der Waals surface area contributed by atoms with Crippen LogP contribution in [0, 0.1) is 0 Å². The molecule has 0 aromatic heterocycles. The lowest BCUT2D eigenvalue weighted by Gasteiger charge is -2.20. The van der Waals surface area contributed by atoms with E-state index in [2.05, 4.69) is 5.84 Å². The minimum absolute atomic E-state index is 0.440. The zero-order chi connectivity index (χ0) is 15.9. The summed E-state index contributed by atoms with van der Waals surface area (Å²) in [5.74, 6) is 4.57. The van der Waals surface area contributed by atoms with Crippen LogP contribution in [0.15, 0.2) is 12.1 Å². The molecular weight excluding hydrogens is 307 g/mol. The summed E-state index contributed by atoms with van der Waals surface area (Å²) < 4.78 is 112. The SMILES string of the molecule is NNc1c(C(F)(F)F)cc(C(F)(F)F)cc1C(F)(F)F. The molecule has 1 aromatic carbocycles. The standard InChI is InChI=1S/C9H5F9N2/c10-7(11,12)3-1-4(8(13,14)15)6(20-19)5(2-3)9(16,17)18/h1-2,20H,19H2. The quantitative estimate of drug-likeness (QED) is 0.467. The Hall–Kier alpha value is -1.65. The van der Waals surface area contributed by atoms with Crippen LogP contribution in [0.2, 0.25) is 0 Å². The molecule has 0 aliphatic rings. The largest absolute Gasteiger partial charge is 0.418 e. The Morgan fingerprint density at radius 1 is 0.700 bits per heavy atom. The molecule has 11 heteroatoms. The molecule has 1 rings (SSSR count). The van der Waals surface area contributed by atoms with Crippen molar-refractivity contribution in [2.45, 2.75) is 18.5 Å². The average Bonchev–Trinajstić information content (AvgIpc) is 2.23. The van der Waals surface area contributed by atoms with Gasteiger partial charge in [-0.05, 0) is 12.1 Å². The van der Waals surface area contributed by atoms with E-state index in [0.717, 1.165) is 5.43 Å². The molecule has 0 saturated carbocycles. The summed E-state index contributed by atoms with van der Waals surface area (Å²) in [6.07, 6.45) is -16.3. The van der Waals surface area contributed by atoms with Gasteiger partial charge in [0.2, 0.25) is 0 Å². The fraction of sp³-hybridized carbons (Fsp3) is 0.333. The zero-order valence-corrected chi connectivity index (χ0v) is 9.13. The first-order valence-electron chi connectivity index (χ1n) is 4.64. The molecular formula is C9H5F9N2. The summed E-state index contributed by atoms with van der Waals surface area (Å²) >= 11 is 0. The fourth-order valence-electron chi connectivity index (χ4n) is 1.41. The Balaban J connectivity index is 3.75. The summed E-state index contributed by atoms with van der Waals surface area (Å²) in [6.45, 7) is 0. The number of rotatable bonds is 1. The van der Waals surface area contributed by atoms with Crippen LogP contribution in [-0.4, -0.2) is 0 Å². The van der Waals surface area contributed by atoms with Gasteiger partial charge in [-0.2, -0.15) is 39.5 Å². The lowest BCUT2D eigenvalue weighted by Crippen LogP contribution is -2.22. The minimum atomic E-state index is -5.44. The number of hydrogen-bond donors (Lipinski definition) is 2. The normalized spacial score (nSPS) is 13.5. The van der Waals surface area contributed by atoms with Gasteiger partial charge in [0.1, 0.15) is 0 Å². The van der Waals surface area contributed by atoms with Gasteiger partial charge in [0.15, 0.2) is 0 Å². The highest BCUT2D eigenvalue weighted by atomic mass is 19.4.